The van der Waals surface area contributed by atoms with Gasteiger partial charge in [-0.05, 0) is 35.7 Å². The third-order valence-corrected chi connectivity index (χ3v) is 5.32. The van der Waals surface area contributed by atoms with Gasteiger partial charge in [0, 0.05) is 5.56 Å². The molecule has 6 nitrogen and oxygen atoms in total. The number of hydrogen-bond donors (Lipinski definition) is 2. The van der Waals surface area contributed by atoms with Crippen molar-refractivity contribution in [3.63, 3.8) is 0 Å². The van der Waals surface area contributed by atoms with Gasteiger partial charge in [-0.3, -0.25) is 5.10 Å². The molecule has 0 atom stereocenters. The minimum atomic E-state index is 0.605. The maximum absolute atomic E-state index is 5.61. The molecule has 6 heteroatoms. The van der Waals surface area contributed by atoms with Gasteiger partial charge in [-0.25, -0.2) is 9.97 Å². The van der Waals surface area contributed by atoms with Crippen LogP contribution in [0.5, 0.6) is 5.75 Å². The Balaban J connectivity index is 1.63. The lowest BCUT2D eigenvalue weighted by Gasteiger charge is -2.14. The molecule has 5 rings (SSSR count). The van der Waals surface area contributed by atoms with Gasteiger partial charge in [-0.2, -0.15) is 5.10 Å². The van der Waals surface area contributed by atoms with Crippen molar-refractivity contribution in [3.8, 4) is 28.1 Å². The summed E-state index contributed by atoms with van der Waals surface area (Å²) in [6.07, 6.45) is 1.51. The molecule has 152 valence electrons. The normalized spacial score (nSPS) is 10.9. The molecule has 0 spiro atoms. The predicted octanol–water partition coefficient (Wildman–Crippen LogP) is 5.75. The number of fused-ring (bicyclic) bond motifs is 1. The van der Waals surface area contributed by atoms with Gasteiger partial charge in [0.15, 0.2) is 5.65 Å². The molecule has 31 heavy (non-hydrogen) atoms. The number of nitrogens with one attached hydrogen (secondary N) is 2. The van der Waals surface area contributed by atoms with Crippen LogP contribution in [-0.2, 0) is 0 Å². The lowest BCUT2D eigenvalue weighted by atomic mass is 10.0. The first kappa shape index (κ1) is 18.8. The van der Waals surface area contributed by atoms with Gasteiger partial charge >= 0.3 is 0 Å². The summed E-state index contributed by atoms with van der Waals surface area (Å²) in [4.78, 5) is 8.87. The van der Waals surface area contributed by atoms with Crippen molar-refractivity contribution in [2.75, 3.05) is 12.4 Å². The van der Waals surface area contributed by atoms with E-state index >= 15 is 0 Å². The van der Waals surface area contributed by atoms with Crippen LogP contribution in [0.3, 0.4) is 0 Å². The van der Waals surface area contributed by atoms with Crippen LogP contribution in [0.1, 0.15) is 5.56 Å². The summed E-state index contributed by atoms with van der Waals surface area (Å²) in [5.74, 6) is 1.40. The van der Waals surface area contributed by atoms with Crippen LogP contribution in [0.4, 0.5) is 11.5 Å². The average Bonchev–Trinajstić information content (AvgIpc) is 3.25. The number of methoxy groups -OCH3 is 1. The molecule has 2 heterocycles. The van der Waals surface area contributed by atoms with E-state index in [-0.39, 0.29) is 0 Å². The maximum atomic E-state index is 5.61. The number of aromatic nitrogens is 4. The second-order valence-electron chi connectivity index (χ2n) is 7.24. The van der Waals surface area contributed by atoms with E-state index in [4.69, 9.17) is 4.74 Å². The summed E-state index contributed by atoms with van der Waals surface area (Å²) < 4.78 is 5.61. The van der Waals surface area contributed by atoms with Gasteiger partial charge < -0.3 is 10.1 Å². The van der Waals surface area contributed by atoms with Gasteiger partial charge in [-0.1, -0.05) is 60.7 Å². The molecule has 3 aromatic carbocycles. The molecule has 5 aromatic rings. The molecule has 2 aromatic heterocycles. The zero-order chi connectivity index (χ0) is 21.2. The summed E-state index contributed by atoms with van der Waals surface area (Å²) in [6, 6.07) is 24.5. The Morgan fingerprint density at radius 2 is 1.68 bits per heavy atom. The first-order chi connectivity index (χ1) is 15.2. The molecule has 0 amide bonds. The molecule has 0 aliphatic heterocycles. The highest BCUT2D eigenvalue weighted by molar-refractivity contribution is 6.00. The monoisotopic (exact) mass is 407 g/mol. The van der Waals surface area contributed by atoms with E-state index in [1.165, 1.54) is 6.33 Å². The molecule has 0 bridgehead atoms. The highest BCUT2D eigenvalue weighted by Gasteiger charge is 2.17. The number of anilines is 2. The number of rotatable bonds is 5. The Hall–Kier alpha value is -4.19. The number of aromatic amines is 1. The van der Waals surface area contributed by atoms with Crippen LogP contribution in [0, 0.1) is 6.92 Å². The number of nitrogens with zero attached hydrogens (tertiary/aromatic N) is 3. The Kier molecular flexibility index (Phi) is 4.80. The summed E-state index contributed by atoms with van der Waals surface area (Å²) in [5.41, 5.74) is 6.73. The topological polar surface area (TPSA) is 75.7 Å². The van der Waals surface area contributed by atoms with Gasteiger partial charge in [0.25, 0.3) is 0 Å². The van der Waals surface area contributed by atoms with Crippen LogP contribution in [0.15, 0.2) is 79.1 Å². The third kappa shape index (κ3) is 3.48. The molecular formula is C25H21N5O. The SMILES string of the molecule is COc1ccc(-c2ccccc2)cc1Nc1ncnc2n[nH]c(-c3ccccc3C)c12. The molecule has 0 unspecified atom stereocenters. The third-order valence-electron chi connectivity index (χ3n) is 5.32. The fraction of sp³-hybridized carbons (Fsp3) is 0.0800. The van der Waals surface area contributed by atoms with Gasteiger partial charge in [0.2, 0.25) is 0 Å². The molecule has 0 saturated heterocycles. The Bertz CT molecular complexity index is 1360. The van der Waals surface area contributed by atoms with Crippen molar-refractivity contribution in [3.05, 3.63) is 84.7 Å². The quantitative estimate of drug-likeness (QED) is 0.388. The van der Waals surface area contributed by atoms with Crippen molar-refractivity contribution in [2.45, 2.75) is 6.92 Å². The van der Waals surface area contributed by atoms with E-state index in [9.17, 15) is 0 Å². The first-order valence-electron chi connectivity index (χ1n) is 10.00. The average molecular weight is 407 g/mol. The molecular weight excluding hydrogens is 386 g/mol. The largest absolute Gasteiger partial charge is 0.495 e. The lowest BCUT2D eigenvalue weighted by Crippen LogP contribution is -1.99. The van der Waals surface area contributed by atoms with Crippen LogP contribution in [0.2, 0.25) is 0 Å². The van der Waals surface area contributed by atoms with Crippen LogP contribution in [0.25, 0.3) is 33.4 Å². The van der Waals surface area contributed by atoms with E-state index in [1.807, 2.05) is 42.5 Å². The first-order valence-corrected chi connectivity index (χ1v) is 10.00. The minimum absolute atomic E-state index is 0.605. The molecule has 0 radical (unpaired) electrons. The van der Waals surface area contributed by atoms with Crippen molar-refractivity contribution < 1.29 is 4.74 Å². The van der Waals surface area contributed by atoms with Gasteiger partial charge in [-0.15, -0.1) is 0 Å². The summed E-state index contributed by atoms with van der Waals surface area (Å²) in [5, 5.41) is 11.8. The number of ether oxygens (including phenoxy) is 1. The Labute approximate surface area is 180 Å². The number of aryl methyl sites for hydroxylation is 1. The van der Waals surface area contributed by atoms with Gasteiger partial charge in [0.1, 0.15) is 17.9 Å². The second-order valence-corrected chi connectivity index (χ2v) is 7.24. The van der Waals surface area contributed by atoms with E-state index < -0.39 is 0 Å². The van der Waals surface area contributed by atoms with E-state index in [2.05, 4.69) is 62.7 Å². The van der Waals surface area contributed by atoms with Crippen molar-refractivity contribution in [1.29, 1.82) is 0 Å². The summed E-state index contributed by atoms with van der Waals surface area (Å²) in [6.45, 7) is 2.07. The van der Waals surface area contributed by atoms with E-state index in [0.29, 0.717) is 11.5 Å². The fourth-order valence-corrected chi connectivity index (χ4v) is 3.74. The second kappa shape index (κ2) is 7.91. The zero-order valence-corrected chi connectivity index (χ0v) is 17.3. The highest BCUT2D eigenvalue weighted by atomic mass is 16.5. The summed E-state index contributed by atoms with van der Waals surface area (Å²) >= 11 is 0. The molecule has 0 saturated carbocycles. The highest BCUT2D eigenvalue weighted by Crippen LogP contribution is 2.36. The smallest absolute Gasteiger partial charge is 0.186 e. The summed E-state index contributed by atoms with van der Waals surface area (Å²) in [7, 11) is 1.66. The van der Waals surface area contributed by atoms with Crippen LogP contribution >= 0.6 is 0 Å². The fourth-order valence-electron chi connectivity index (χ4n) is 3.74. The van der Waals surface area contributed by atoms with Crippen molar-refractivity contribution in [2.24, 2.45) is 0 Å². The van der Waals surface area contributed by atoms with E-state index in [1.54, 1.807) is 7.11 Å². The zero-order valence-electron chi connectivity index (χ0n) is 17.3. The number of benzene rings is 3. The molecule has 2 N–H and O–H groups in total. The molecule has 0 fully saturated rings. The standard InChI is InChI=1S/C25H21N5O/c1-16-8-6-7-11-19(16)23-22-24(26-15-27-25(22)30-29-23)28-20-14-18(12-13-21(20)31-2)17-9-4-3-5-10-17/h3-15H,1-2H3,(H2,26,27,28,29,30). The van der Waals surface area contributed by atoms with Crippen LogP contribution < -0.4 is 10.1 Å². The number of hydrogen-bond acceptors (Lipinski definition) is 5. The van der Waals surface area contributed by atoms with Crippen molar-refractivity contribution in [1.82, 2.24) is 20.2 Å². The molecule has 0 aliphatic rings. The predicted molar refractivity (Wildman–Crippen MR) is 124 cm³/mol. The van der Waals surface area contributed by atoms with E-state index in [0.717, 1.165) is 44.8 Å². The Morgan fingerprint density at radius 1 is 0.871 bits per heavy atom. The number of H-pyrrole nitrogens is 1. The molecule has 0 aliphatic carbocycles. The minimum Gasteiger partial charge on any atom is -0.495 e. The van der Waals surface area contributed by atoms with Crippen LogP contribution in [-0.4, -0.2) is 27.3 Å². The van der Waals surface area contributed by atoms with Crippen molar-refractivity contribution >= 4 is 22.5 Å². The lowest BCUT2D eigenvalue weighted by molar-refractivity contribution is 0.417. The maximum Gasteiger partial charge on any atom is 0.186 e. The Morgan fingerprint density at radius 3 is 2.48 bits per heavy atom. The van der Waals surface area contributed by atoms with Gasteiger partial charge in [0.05, 0.1) is 23.9 Å².